The second-order valence-electron chi connectivity index (χ2n) is 4.33. The van der Waals surface area contributed by atoms with E-state index in [1.807, 2.05) is 0 Å². The first-order valence-electron chi connectivity index (χ1n) is 6.10. The molecule has 2 rings (SSSR count). The second-order valence-corrected chi connectivity index (χ2v) is 4.33. The molecule has 0 unspecified atom stereocenters. The fourth-order valence-corrected chi connectivity index (χ4v) is 1.73. The molecule has 0 amide bonds. The SMILES string of the molecule is CC(=O)c1ccc(N=Cc2cccc([N+](=O)[O-])c2O)cc1. The van der Waals surface area contributed by atoms with Crippen LogP contribution in [0.2, 0.25) is 0 Å². The van der Waals surface area contributed by atoms with Crippen LogP contribution in [0.15, 0.2) is 47.5 Å². The van der Waals surface area contributed by atoms with Crippen LogP contribution in [0.1, 0.15) is 22.8 Å². The van der Waals surface area contributed by atoms with Crippen LogP contribution in [0.25, 0.3) is 0 Å². The van der Waals surface area contributed by atoms with Gasteiger partial charge >= 0.3 is 5.69 Å². The van der Waals surface area contributed by atoms with Gasteiger partial charge in [0.15, 0.2) is 5.78 Å². The number of para-hydroxylation sites is 1. The summed E-state index contributed by atoms with van der Waals surface area (Å²) >= 11 is 0. The standard InChI is InChI=1S/C15H12N2O4/c1-10(18)11-5-7-13(8-6-11)16-9-12-3-2-4-14(15(12)19)17(20)21/h2-9,19H,1H3. The summed E-state index contributed by atoms with van der Waals surface area (Å²) in [6, 6.07) is 10.8. The van der Waals surface area contributed by atoms with Gasteiger partial charge in [-0.15, -0.1) is 0 Å². The zero-order valence-corrected chi connectivity index (χ0v) is 11.2. The van der Waals surface area contributed by atoms with Gasteiger partial charge in [-0.3, -0.25) is 19.9 Å². The van der Waals surface area contributed by atoms with E-state index in [0.717, 1.165) is 0 Å². The van der Waals surface area contributed by atoms with Gasteiger partial charge in [0.25, 0.3) is 0 Å². The predicted molar refractivity (Wildman–Crippen MR) is 78.5 cm³/mol. The fourth-order valence-electron chi connectivity index (χ4n) is 1.73. The van der Waals surface area contributed by atoms with Crippen molar-refractivity contribution in [2.75, 3.05) is 0 Å². The molecule has 0 atom stereocenters. The maximum Gasteiger partial charge on any atom is 0.311 e. The van der Waals surface area contributed by atoms with Gasteiger partial charge in [-0.25, -0.2) is 0 Å². The van der Waals surface area contributed by atoms with Crippen LogP contribution in [0, 0.1) is 10.1 Å². The number of aromatic hydroxyl groups is 1. The number of Topliss-reactive ketones (excluding diaryl/α,β-unsaturated/α-hetero) is 1. The largest absolute Gasteiger partial charge is 0.502 e. The number of benzene rings is 2. The number of carbonyl (C=O) groups is 1. The van der Waals surface area contributed by atoms with E-state index in [1.54, 1.807) is 24.3 Å². The van der Waals surface area contributed by atoms with E-state index in [1.165, 1.54) is 31.3 Å². The molecule has 6 heteroatoms. The number of hydrogen-bond acceptors (Lipinski definition) is 5. The quantitative estimate of drug-likeness (QED) is 0.403. The number of phenolic OH excluding ortho intramolecular Hbond substituents is 1. The van der Waals surface area contributed by atoms with Crippen LogP contribution < -0.4 is 0 Å². The van der Waals surface area contributed by atoms with E-state index in [2.05, 4.69) is 4.99 Å². The summed E-state index contributed by atoms with van der Waals surface area (Å²) in [6.45, 7) is 1.47. The zero-order chi connectivity index (χ0) is 15.4. The molecule has 0 saturated carbocycles. The Morgan fingerprint density at radius 3 is 2.48 bits per heavy atom. The van der Waals surface area contributed by atoms with Crippen molar-refractivity contribution < 1.29 is 14.8 Å². The van der Waals surface area contributed by atoms with E-state index in [9.17, 15) is 20.0 Å². The normalized spacial score (nSPS) is 10.7. The van der Waals surface area contributed by atoms with Crippen molar-refractivity contribution in [3.05, 3.63) is 63.7 Å². The van der Waals surface area contributed by atoms with Crippen LogP contribution in [-0.4, -0.2) is 22.0 Å². The molecule has 1 N–H and O–H groups in total. The number of rotatable bonds is 4. The summed E-state index contributed by atoms with van der Waals surface area (Å²) in [4.78, 5) is 25.3. The van der Waals surface area contributed by atoms with Gasteiger partial charge in [-0.1, -0.05) is 6.07 Å². The first-order valence-corrected chi connectivity index (χ1v) is 6.10. The van der Waals surface area contributed by atoms with Gasteiger partial charge in [-0.05, 0) is 37.3 Å². The van der Waals surface area contributed by atoms with E-state index in [-0.39, 0.29) is 17.0 Å². The number of aliphatic imine (C=N–C) groups is 1. The lowest BCUT2D eigenvalue weighted by Gasteiger charge is -2.00. The molecule has 0 aromatic heterocycles. The molecule has 0 heterocycles. The molecule has 6 nitrogen and oxygen atoms in total. The van der Waals surface area contributed by atoms with Crippen molar-refractivity contribution in [2.24, 2.45) is 4.99 Å². The highest BCUT2D eigenvalue weighted by Gasteiger charge is 2.14. The predicted octanol–water partition coefficient (Wildman–Crippen LogP) is 3.25. The number of nitro benzene ring substituents is 1. The first kappa shape index (κ1) is 14.4. The fraction of sp³-hybridized carbons (Fsp3) is 0.0667. The van der Waals surface area contributed by atoms with Gasteiger partial charge in [-0.2, -0.15) is 0 Å². The first-order chi connectivity index (χ1) is 9.99. The summed E-state index contributed by atoms with van der Waals surface area (Å²) < 4.78 is 0. The Bertz CT molecular complexity index is 721. The van der Waals surface area contributed by atoms with Crippen LogP contribution >= 0.6 is 0 Å². The van der Waals surface area contributed by atoms with Crippen molar-refractivity contribution in [1.29, 1.82) is 0 Å². The summed E-state index contributed by atoms with van der Waals surface area (Å²) in [5.41, 5.74) is 1.03. The lowest BCUT2D eigenvalue weighted by Crippen LogP contribution is -1.92. The van der Waals surface area contributed by atoms with Crippen LogP contribution in [0.3, 0.4) is 0 Å². The van der Waals surface area contributed by atoms with Crippen LogP contribution in [-0.2, 0) is 0 Å². The molecule has 0 bridgehead atoms. The van der Waals surface area contributed by atoms with Crippen molar-refractivity contribution in [3.63, 3.8) is 0 Å². The van der Waals surface area contributed by atoms with Gasteiger partial charge < -0.3 is 5.11 Å². The topological polar surface area (TPSA) is 92.8 Å². The highest BCUT2D eigenvalue weighted by Crippen LogP contribution is 2.28. The Kier molecular flexibility index (Phi) is 4.08. The number of carbonyl (C=O) groups excluding carboxylic acids is 1. The van der Waals surface area contributed by atoms with Gasteiger partial charge in [0.2, 0.25) is 5.75 Å². The van der Waals surface area contributed by atoms with Gasteiger partial charge in [0, 0.05) is 23.4 Å². The molecule has 0 spiro atoms. The molecule has 0 aliphatic heterocycles. The minimum absolute atomic E-state index is 0.0399. The number of hydrogen-bond donors (Lipinski definition) is 1. The third-order valence-electron chi connectivity index (χ3n) is 2.87. The lowest BCUT2D eigenvalue weighted by molar-refractivity contribution is -0.385. The summed E-state index contributed by atoms with van der Waals surface area (Å²) in [5, 5.41) is 20.5. The Morgan fingerprint density at radius 2 is 1.90 bits per heavy atom. The van der Waals surface area contributed by atoms with Crippen LogP contribution in [0.5, 0.6) is 5.75 Å². The molecule has 21 heavy (non-hydrogen) atoms. The smallest absolute Gasteiger partial charge is 0.311 e. The number of nitrogens with zero attached hydrogens (tertiary/aromatic N) is 2. The van der Waals surface area contributed by atoms with Crippen molar-refractivity contribution >= 4 is 23.4 Å². The Labute approximate surface area is 120 Å². The monoisotopic (exact) mass is 284 g/mol. The number of phenols is 1. The zero-order valence-electron chi connectivity index (χ0n) is 11.2. The van der Waals surface area contributed by atoms with E-state index < -0.39 is 10.7 Å². The maximum absolute atomic E-state index is 11.1. The van der Waals surface area contributed by atoms with Gasteiger partial charge in [0.1, 0.15) is 0 Å². The molecule has 0 aliphatic carbocycles. The Hall–Kier alpha value is -3.02. The summed E-state index contributed by atoms with van der Waals surface area (Å²) in [7, 11) is 0. The third-order valence-corrected chi connectivity index (χ3v) is 2.87. The molecule has 0 radical (unpaired) electrons. The van der Waals surface area contributed by atoms with Gasteiger partial charge in [0.05, 0.1) is 10.6 Å². The third kappa shape index (κ3) is 3.30. The van der Waals surface area contributed by atoms with Crippen LogP contribution in [0.4, 0.5) is 11.4 Å². The van der Waals surface area contributed by atoms with E-state index in [0.29, 0.717) is 11.3 Å². The Balaban J connectivity index is 2.27. The Morgan fingerprint density at radius 1 is 1.24 bits per heavy atom. The molecule has 0 aliphatic rings. The van der Waals surface area contributed by atoms with Crippen molar-refractivity contribution in [3.8, 4) is 5.75 Å². The molecule has 2 aromatic carbocycles. The maximum atomic E-state index is 11.1. The lowest BCUT2D eigenvalue weighted by atomic mass is 10.1. The number of nitro groups is 1. The van der Waals surface area contributed by atoms with Crippen molar-refractivity contribution in [2.45, 2.75) is 6.92 Å². The molecule has 106 valence electrons. The molecule has 0 saturated heterocycles. The van der Waals surface area contributed by atoms with E-state index >= 15 is 0 Å². The summed E-state index contributed by atoms with van der Waals surface area (Å²) in [5.74, 6) is -0.464. The highest BCUT2D eigenvalue weighted by atomic mass is 16.6. The number of ketones is 1. The average molecular weight is 284 g/mol. The minimum Gasteiger partial charge on any atom is -0.502 e. The molecular weight excluding hydrogens is 272 g/mol. The molecule has 2 aromatic rings. The molecular formula is C15H12N2O4. The molecule has 0 fully saturated rings. The van der Waals surface area contributed by atoms with E-state index in [4.69, 9.17) is 0 Å². The average Bonchev–Trinajstić information content (AvgIpc) is 2.46. The second kappa shape index (κ2) is 5.96. The summed E-state index contributed by atoms with van der Waals surface area (Å²) in [6.07, 6.45) is 1.34. The highest BCUT2D eigenvalue weighted by molar-refractivity contribution is 5.94. The van der Waals surface area contributed by atoms with Crippen molar-refractivity contribution in [1.82, 2.24) is 0 Å². The minimum atomic E-state index is -0.658.